The molecule has 0 saturated carbocycles. The lowest BCUT2D eigenvalue weighted by Gasteiger charge is -2.25. The van der Waals surface area contributed by atoms with Gasteiger partial charge in [0.15, 0.2) is 17.4 Å². The number of carbonyl (C=O) groups excluding carboxylic acids is 2. The Morgan fingerprint density at radius 2 is 2.08 bits per heavy atom. The summed E-state index contributed by atoms with van der Waals surface area (Å²) < 4.78 is 31.5. The van der Waals surface area contributed by atoms with E-state index in [-0.39, 0.29) is 17.6 Å². The van der Waals surface area contributed by atoms with Crippen LogP contribution in [-0.4, -0.2) is 29.3 Å². The van der Waals surface area contributed by atoms with Crippen LogP contribution < -0.4 is 5.32 Å². The second kappa shape index (κ2) is 7.04. The van der Waals surface area contributed by atoms with E-state index in [2.05, 4.69) is 5.32 Å². The van der Waals surface area contributed by atoms with Crippen molar-refractivity contribution in [1.29, 1.82) is 0 Å². The summed E-state index contributed by atoms with van der Waals surface area (Å²) in [5.41, 5.74) is 0.453. The van der Waals surface area contributed by atoms with Gasteiger partial charge in [-0.05, 0) is 49.6 Å². The Kier molecular flexibility index (Phi) is 4.83. The molecule has 2 heterocycles. The van der Waals surface area contributed by atoms with Gasteiger partial charge in [0.1, 0.15) is 6.04 Å². The fourth-order valence-corrected chi connectivity index (χ4v) is 3.00. The van der Waals surface area contributed by atoms with E-state index in [4.69, 9.17) is 4.42 Å². The molecule has 1 N–H and O–H groups in total. The van der Waals surface area contributed by atoms with Crippen LogP contribution in [0.15, 0.2) is 41.0 Å². The topological polar surface area (TPSA) is 62.6 Å². The predicted octanol–water partition coefficient (Wildman–Crippen LogP) is 3.04. The molecule has 5 nitrogen and oxygen atoms in total. The van der Waals surface area contributed by atoms with Gasteiger partial charge >= 0.3 is 0 Å². The van der Waals surface area contributed by atoms with Crippen molar-refractivity contribution in [2.24, 2.45) is 0 Å². The number of likely N-dealkylation sites (tertiary alicyclic amines) is 1. The SMILES string of the molecule is C[C@@H](NC(=O)[C@@H]1CCCN1C(=O)c1ccco1)c1ccc(F)c(F)c1. The van der Waals surface area contributed by atoms with Crippen molar-refractivity contribution in [3.63, 3.8) is 0 Å². The first-order chi connectivity index (χ1) is 12.0. The fourth-order valence-electron chi connectivity index (χ4n) is 3.00. The van der Waals surface area contributed by atoms with E-state index < -0.39 is 23.7 Å². The molecule has 1 aromatic heterocycles. The maximum Gasteiger partial charge on any atom is 0.290 e. The summed E-state index contributed by atoms with van der Waals surface area (Å²) in [5.74, 6) is -2.37. The van der Waals surface area contributed by atoms with E-state index in [1.807, 2.05) is 0 Å². The van der Waals surface area contributed by atoms with Gasteiger partial charge in [0, 0.05) is 6.54 Å². The normalized spacial score (nSPS) is 18.2. The summed E-state index contributed by atoms with van der Waals surface area (Å²) >= 11 is 0. The average molecular weight is 348 g/mol. The zero-order valence-electron chi connectivity index (χ0n) is 13.7. The van der Waals surface area contributed by atoms with E-state index in [0.717, 1.165) is 12.1 Å². The maximum absolute atomic E-state index is 13.4. The highest BCUT2D eigenvalue weighted by atomic mass is 19.2. The number of hydrogen-bond donors (Lipinski definition) is 1. The van der Waals surface area contributed by atoms with Crippen molar-refractivity contribution in [2.45, 2.75) is 31.8 Å². The Balaban J connectivity index is 1.69. The van der Waals surface area contributed by atoms with Crippen molar-refractivity contribution >= 4 is 11.8 Å². The van der Waals surface area contributed by atoms with Crippen LogP contribution in [0.5, 0.6) is 0 Å². The monoisotopic (exact) mass is 348 g/mol. The van der Waals surface area contributed by atoms with Crippen molar-refractivity contribution in [1.82, 2.24) is 10.2 Å². The minimum absolute atomic E-state index is 0.188. The molecule has 2 aromatic rings. The largest absolute Gasteiger partial charge is 0.459 e. The molecule has 1 fully saturated rings. The number of nitrogens with one attached hydrogen (secondary N) is 1. The van der Waals surface area contributed by atoms with Gasteiger partial charge < -0.3 is 14.6 Å². The molecule has 2 atom stereocenters. The second-order valence-electron chi connectivity index (χ2n) is 6.04. The Morgan fingerprint density at radius 3 is 2.76 bits per heavy atom. The summed E-state index contributed by atoms with van der Waals surface area (Å²) in [6, 6.07) is 5.55. The molecule has 0 unspecified atom stereocenters. The molecule has 1 aliphatic heterocycles. The smallest absolute Gasteiger partial charge is 0.290 e. The van der Waals surface area contributed by atoms with Crippen LogP contribution in [0.1, 0.15) is 41.9 Å². The van der Waals surface area contributed by atoms with Gasteiger partial charge in [-0.1, -0.05) is 6.07 Å². The number of halogens is 2. The first kappa shape index (κ1) is 17.1. The van der Waals surface area contributed by atoms with Gasteiger partial charge in [-0.15, -0.1) is 0 Å². The minimum Gasteiger partial charge on any atom is -0.459 e. The van der Waals surface area contributed by atoms with Crippen molar-refractivity contribution in [2.75, 3.05) is 6.54 Å². The Labute approximate surface area is 143 Å². The number of furan rings is 1. The highest BCUT2D eigenvalue weighted by molar-refractivity contribution is 5.96. The summed E-state index contributed by atoms with van der Waals surface area (Å²) in [7, 11) is 0. The number of hydrogen-bond acceptors (Lipinski definition) is 3. The molecule has 7 heteroatoms. The molecule has 0 bridgehead atoms. The van der Waals surface area contributed by atoms with Gasteiger partial charge in [-0.2, -0.15) is 0 Å². The summed E-state index contributed by atoms with van der Waals surface area (Å²) in [4.78, 5) is 26.5. The van der Waals surface area contributed by atoms with Gasteiger partial charge in [0.25, 0.3) is 5.91 Å². The molecular formula is C18H18F2N2O3. The van der Waals surface area contributed by atoms with E-state index in [1.165, 1.54) is 17.2 Å². The third-order valence-corrected chi connectivity index (χ3v) is 4.35. The minimum atomic E-state index is -0.964. The molecule has 132 valence electrons. The molecule has 25 heavy (non-hydrogen) atoms. The van der Waals surface area contributed by atoms with Crippen LogP contribution in [0.2, 0.25) is 0 Å². The molecular weight excluding hydrogens is 330 g/mol. The standard InChI is InChI=1S/C18H18F2N2O3/c1-11(12-6-7-13(19)14(20)10-12)21-17(23)15-4-2-8-22(15)18(24)16-5-3-9-25-16/h3,5-7,9-11,15H,2,4,8H2,1H3,(H,21,23)/t11-,15+/m1/s1. The van der Waals surface area contributed by atoms with Gasteiger partial charge in [-0.25, -0.2) is 8.78 Å². The van der Waals surface area contributed by atoms with Crippen LogP contribution in [0, 0.1) is 11.6 Å². The number of rotatable bonds is 4. The van der Waals surface area contributed by atoms with E-state index in [1.54, 1.807) is 19.1 Å². The zero-order valence-corrected chi connectivity index (χ0v) is 13.7. The van der Waals surface area contributed by atoms with Crippen LogP contribution in [0.4, 0.5) is 8.78 Å². The Bertz CT molecular complexity index is 777. The van der Waals surface area contributed by atoms with Crippen molar-refractivity contribution < 1.29 is 22.8 Å². The highest BCUT2D eigenvalue weighted by Crippen LogP contribution is 2.22. The van der Waals surface area contributed by atoms with Gasteiger partial charge in [0.05, 0.1) is 12.3 Å². The summed E-state index contributed by atoms with van der Waals surface area (Å²) in [6.45, 7) is 2.15. The Hall–Kier alpha value is -2.70. The average Bonchev–Trinajstić information content (AvgIpc) is 3.28. The van der Waals surface area contributed by atoms with Crippen molar-refractivity contribution in [3.8, 4) is 0 Å². The Morgan fingerprint density at radius 1 is 1.28 bits per heavy atom. The lowest BCUT2D eigenvalue weighted by Crippen LogP contribution is -2.46. The summed E-state index contributed by atoms with van der Waals surface area (Å²) in [6.07, 6.45) is 2.66. The molecule has 0 radical (unpaired) electrons. The van der Waals surface area contributed by atoms with Crippen molar-refractivity contribution in [3.05, 3.63) is 59.6 Å². The zero-order chi connectivity index (χ0) is 18.0. The number of amides is 2. The highest BCUT2D eigenvalue weighted by Gasteiger charge is 2.36. The summed E-state index contributed by atoms with van der Waals surface area (Å²) in [5, 5.41) is 2.76. The fraction of sp³-hybridized carbons (Fsp3) is 0.333. The number of nitrogens with zero attached hydrogens (tertiary/aromatic N) is 1. The first-order valence-corrected chi connectivity index (χ1v) is 8.07. The molecule has 0 spiro atoms. The molecule has 2 amide bonds. The van der Waals surface area contributed by atoms with E-state index in [9.17, 15) is 18.4 Å². The van der Waals surface area contributed by atoms with Gasteiger partial charge in [0.2, 0.25) is 5.91 Å². The molecule has 3 rings (SSSR count). The van der Waals surface area contributed by atoms with Gasteiger partial charge in [-0.3, -0.25) is 9.59 Å². The van der Waals surface area contributed by atoms with Crippen LogP contribution in [-0.2, 0) is 4.79 Å². The molecule has 1 saturated heterocycles. The maximum atomic E-state index is 13.4. The van der Waals surface area contributed by atoms with Crippen LogP contribution >= 0.6 is 0 Å². The quantitative estimate of drug-likeness (QED) is 0.924. The van der Waals surface area contributed by atoms with E-state index in [0.29, 0.717) is 24.9 Å². The van der Waals surface area contributed by atoms with Crippen LogP contribution in [0.25, 0.3) is 0 Å². The third kappa shape index (κ3) is 3.55. The lowest BCUT2D eigenvalue weighted by molar-refractivity contribution is -0.125. The first-order valence-electron chi connectivity index (χ1n) is 8.07. The predicted molar refractivity (Wildman–Crippen MR) is 85.7 cm³/mol. The molecule has 1 aromatic carbocycles. The molecule has 0 aliphatic carbocycles. The lowest BCUT2D eigenvalue weighted by atomic mass is 10.1. The molecule has 1 aliphatic rings. The second-order valence-corrected chi connectivity index (χ2v) is 6.04. The third-order valence-electron chi connectivity index (χ3n) is 4.35. The van der Waals surface area contributed by atoms with Crippen LogP contribution in [0.3, 0.4) is 0 Å². The van der Waals surface area contributed by atoms with E-state index >= 15 is 0 Å². The number of benzene rings is 1. The number of carbonyl (C=O) groups is 2.